The van der Waals surface area contributed by atoms with Crippen molar-refractivity contribution in [3.8, 4) is 0 Å². The summed E-state index contributed by atoms with van der Waals surface area (Å²) < 4.78 is 4.99. The van der Waals surface area contributed by atoms with E-state index in [2.05, 4.69) is 5.32 Å². The first-order valence-corrected chi connectivity index (χ1v) is 8.21. The van der Waals surface area contributed by atoms with Gasteiger partial charge >= 0.3 is 5.97 Å². The molecular formula is C15H17NO3S2. The molecular weight excluding hydrogens is 306 g/mol. The highest BCUT2D eigenvalue weighted by molar-refractivity contribution is 7.18. The molecule has 2 rings (SSSR count). The van der Waals surface area contributed by atoms with Gasteiger partial charge in [-0.25, -0.2) is 4.79 Å². The Hall–Kier alpha value is -1.66. The van der Waals surface area contributed by atoms with Crippen LogP contribution in [0.3, 0.4) is 0 Å². The molecule has 0 saturated carbocycles. The number of hydrogen-bond acceptors (Lipinski definition) is 5. The molecule has 2 aromatic heterocycles. The standard InChI is InChI=1S/C15H17NO3S2/c1-5-19-15(18)13-8(2)6-12(21-13)16-14(17)11-7-9(3)20-10(11)4/h6-7H,5H2,1-4H3,(H,16,17). The van der Waals surface area contributed by atoms with E-state index < -0.39 is 0 Å². The molecule has 0 radical (unpaired) electrons. The summed E-state index contributed by atoms with van der Waals surface area (Å²) in [6, 6.07) is 3.67. The highest BCUT2D eigenvalue weighted by Crippen LogP contribution is 2.29. The second-order valence-electron chi connectivity index (χ2n) is 4.62. The van der Waals surface area contributed by atoms with E-state index in [-0.39, 0.29) is 11.9 Å². The van der Waals surface area contributed by atoms with Crippen LogP contribution in [0.2, 0.25) is 0 Å². The number of carbonyl (C=O) groups excluding carboxylic acids is 2. The zero-order valence-corrected chi connectivity index (χ0v) is 14.0. The van der Waals surface area contributed by atoms with Gasteiger partial charge in [-0.1, -0.05) is 0 Å². The van der Waals surface area contributed by atoms with Gasteiger partial charge in [0.25, 0.3) is 5.91 Å². The SMILES string of the molecule is CCOC(=O)c1sc(NC(=O)c2cc(C)sc2C)cc1C. The molecule has 0 saturated heterocycles. The fraction of sp³-hybridized carbons (Fsp3) is 0.333. The molecule has 0 aliphatic rings. The lowest BCUT2D eigenvalue weighted by molar-refractivity contribution is 0.0531. The fourth-order valence-electron chi connectivity index (χ4n) is 1.98. The number of anilines is 1. The Kier molecular flexibility index (Phi) is 4.80. The van der Waals surface area contributed by atoms with E-state index in [1.165, 1.54) is 11.3 Å². The van der Waals surface area contributed by atoms with E-state index in [1.54, 1.807) is 24.3 Å². The second kappa shape index (κ2) is 6.41. The van der Waals surface area contributed by atoms with Gasteiger partial charge in [0.15, 0.2) is 0 Å². The lowest BCUT2D eigenvalue weighted by Crippen LogP contribution is -2.10. The Bertz CT molecular complexity index is 685. The molecule has 0 aliphatic carbocycles. The molecule has 1 N–H and O–H groups in total. The summed E-state index contributed by atoms with van der Waals surface area (Å²) in [5, 5.41) is 3.51. The molecule has 0 atom stereocenters. The van der Waals surface area contributed by atoms with E-state index in [9.17, 15) is 9.59 Å². The van der Waals surface area contributed by atoms with Gasteiger partial charge in [-0.3, -0.25) is 4.79 Å². The maximum absolute atomic E-state index is 12.3. The van der Waals surface area contributed by atoms with Crippen molar-refractivity contribution in [1.82, 2.24) is 0 Å². The van der Waals surface area contributed by atoms with E-state index >= 15 is 0 Å². The fourth-order valence-corrected chi connectivity index (χ4v) is 3.86. The maximum Gasteiger partial charge on any atom is 0.348 e. The minimum absolute atomic E-state index is 0.145. The van der Waals surface area contributed by atoms with Gasteiger partial charge < -0.3 is 10.1 Å². The predicted octanol–water partition coefficient (Wildman–Crippen LogP) is 4.16. The molecule has 0 spiro atoms. The number of esters is 1. The molecule has 0 aromatic carbocycles. The number of ether oxygens (including phenoxy) is 1. The summed E-state index contributed by atoms with van der Waals surface area (Å²) in [5.41, 5.74) is 1.49. The normalized spacial score (nSPS) is 10.5. The zero-order valence-electron chi connectivity index (χ0n) is 12.4. The van der Waals surface area contributed by atoms with Crippen LogP contribution in [0.15, 0.2) is 12.1 Å². The first-order valence-electron chi connectivity index (χ1n) is 6.58. The molecule has 21 heavy (non-hydrogen) atoms. The van der Waals surface area contributed by atoms with Gasteiger partial charge in [0.05, 0.1) is 17.2 Å². The minimum atomic E-state index is -0.344. The molecule has 1 amide bonds. The van der Waals surface area contributed by atoms with Crippen molar-refractivity contribution in [2.24, 2.45) is 0 Å². The van der Waals surface area contributed by atoms with Crippen molar-refractivity contribution < 1.29 is 14.3 Å². The summed E-state index contributed by atoms with van der Waals surface area (Å²) in [6.45, 7) is 7.84. The summed E-state index contributed by atoms with van der Waals surface area (Å²) in [4.78, 5) is 26.6. The van der Waals surface area contributed by atoms with Crippen molar-refractivity contribution >= 4 is 39.6 Å². The Morgan fingerprint density at radius 2 is 1.90 bits per heavy atom. The summed E-state index contributed by atoms with van der Waals surface area (Å²) in [5.74, 6) is -0.489. The first-order chi connectivity index (χ1) is 9.92. The number of rotatable bonds is 4. The van der Waals surface area contributed by atoms with Crippen molar-refractivity contribution in [1.29, 1.82) is 0 Å². The maximum atomic E-state index is 12.3. The number of amides is 1. The highest BCUT2D eigenvalue weighted by Gasteiger charge is 2.17. The predicted molar refractivity (Wildman–Crippen MR) is 86.8 cm³/mol. The average molecular weight is 323 g/mol. The molecule has 0 aliphatic heterocycles. The number of carbonyl (C=O) groups is 2. The van der Waals surface area contributed by atoms with Gasteiger partial charge in [-0.05, 0) is 45.4 Å². The minimum Gasteiger partial charge on any atom is -0.462 e. The largest absolute Gasteiger partial charge is 0.462 e. The van der Waals surface area contributed by atoms with Crippen LogP contribution in [0, 0.1) is 20.8 Å². The van der Waals surface area contributed by atoms with E-state index in [0.29, 0.717) is 22.0 Å². The third kappa shape index (κ3) is 3.51. The monoisotopic (exact) mass is 323 g/mol. The number of aryl methyl sites for hydroxylation is 3. The molecule has 0 unspecified atom stereocenters. The van der Waals surface area contributed by atoms with Gasteiger partial charge in [-0.2, -0.15) is 0 Å². The molecule has 0 bridgehead atoms. The lowest BCUT2D eigenvalue weighted by Gasteiger charge is -2.01. The summed E-state index contributed by atoms with van der Waals surface area (Å²) in [7, 11) is 0. The van der Waals surface area contributed by atoms with E-state index in [4.69, 9.17) is 4.74 Å². The smallest absolute Gasteiger partial charge is 0.348 e. The Balaban J connectivity index is 2.17. The van der Waals surface area contributed by atoms with Crippen LogP contribution < -0.4 is 5.32 Å². The van der Waals surface area contributed by atoms with Gasteiger partial charge in [0, 0.05) is 9.75 Å². The summed E-state index contributed by atoms with van der Waals surface area (Å²) >= 11 is 2.84. The summed E-state index contributed by atoms with van der Waals surface area (Å²) in [6.07, 6.45) is 0. The Labute approximate surface area is 131 Å². The highest BCUT2D eigenvalue weighted by atomic mass is 32.1. The molecule has 112 valence electrons. The molecule has 2 aromatic rings. The lowest BCUT2D eigenvalue weighted by atomic mass is 10.2. The third-order valence-corrected chi connectivity index (χ3v) is 5.00. The molecule has 2 heterocycles. The van der Waals surface area contributed by atoms with Gasteiger partial charge in [0.1, 0.15) is 4.88 Å². The molecule has 6 heteroatoms. The van der Waals surface area contributed by atoms with E-state index in [1.807, 2.05) is 26.8 Å². The van der Waals surface area contributed by atoms with Crippen LogP contribution in [-0.2, 0) is 4.74 Å². The van der Waals surface area contributed by atoms with Gasteiger partial charge in [0.2, 0.25) is 0 Å². The van der Waals surface area contributed by atoms with Crippen molar-refractivity contribution in [3.63, 3.8) is 0 Å². The Morgan fingerprint density at radius 1 is 1.19 bits per heavy atom. The van der Waals surface area contributed by atoms with Crippen LogP contribution in [-0.4, -0.2) is 18.5 Å². The van der Waals surface area contributed by atoms with Crippen LogP contribution in [0.25, 0.3) is 0 Å². The quantitative estimate of drug-likeness (QED) is 0.859. The van der Waals surface area contributed by atoms with Crippen LogP contribution in [0.5, 0.6) is 0 Å². The van der Waals surface area contributed by atoms with Crippen LogP contribution in [0.4, 0.5) is 5.00 Å². The van der Waals surface area contributed by atoms with Crippen molar-refractivity contribution in [2.75, 3.05) is 11.9 Å². The number of thiophene rings is 2. The van der Waals surface area contributed by atoms with E-state index in [0.717, 1.165) is 15.3 Å². The molecule has 4 nitrogen and oxygen atoms in total. The third-order valence-electron chi connectivity index (χ3n) is 2.90. The van der Waals surface area contributed by atoms with Gasteiger partial charge in [-0.15, -0.1) is 22.7 Å². The van der Waals surface area contributed by atoms with Crippen LogP contribution in [0.1, 0.15) is 42.3 Å². The first kappa shape index (κ1) is 15.7. The number of hydrogen-bond donors (Lipinski definition) is 1. The van der Waals surface area contributed by atoms with Crippen LogP contribution >= 0.6 is 22.7 Å². The number of nitrogens with one attached hydrogen (secondary N) is 1. The second-order valence-corrected chi connectivity index (χ2v) is 7.14. The Morgan fingerprint density at radius 3 is 2.48 bits per heavy atom. The topological polar surface area (TPSA) is 55.4 Å². The molecule has 0 fully saturated rings. The average Bonchev–Trinajstić information content (AvgIpc) is 2.92. The van der Waals surface area contributed by atoms with Crippen molar-refractivity contribution in [3.05, 3.63) is 37.9 Å². The van der Waals surface area contributed by atoms with Crippen molar-refractivity contribution in [2.45, 2.75) is 27.7 Å². The zero-order chi connectivity index (χ0) is 15.6.